The van der Waals surface area contributed by atoms with E-state index in [-0.39, 0.29) is 12.1 Å². The van der Waals surface area contributed by atoms with Gasteiger partial charge in [0.25, 0.3) is 0 Å². The average molecular weight is 460 g/mol. The van der Waals surface area contributed by atoms with Crippen LogP contribution in [-0.4, -0.2) is 21.8 Å². The van der Waals surface area contributed by atoms with E-state index >= 15 is 0 Å². The van der Waals surface area contributed by atoms with Gasteiger partial charge >= 0.3 is 0 Å². The number of methoxy groups -OCH3 is 1. The van der Waals surface area contributed by atoms with Crippen molar-refractivity contribution in [1.29, 1.82) is 0 Å². The van der Waals surface area contributed by atoms with E-state index in [0.717, 1.165) is 27.6 Å². The molecule has 4 nitrogen and oxygen atoms in total. The highest BCUT2D eigenvalue weighted by molar-refractivity contribution is 7.90. The van der Waals surface area contributed by atoms with E-state index in [2.05, 4.69) is 55.6 Å². The Kier molecular flexibility index (Phi) is 6.54. The monoisotopic (exact) mass is 459 g/mol. The molecule has 33 heavy (non-hydrogen) atoms. The van der Waals surface area contributed by atoms with Crippen LogP contribution in [0.4, 0.5) is 0 Å². The van der Waals surface area contributed by atoms with E-state index < -0.39 is 9.84 Å². The van der Waals surface area contributed by atoms with Gasteiger partial charge in [-0.05, 0) is 83.3 Å². The Morgan fingerprint density at radius 3 is 2.18 bits per heavy atom. The summed E-state index contributed by atoms with van der Waals surface area (Å²) in [6.07, 6.45) is 1.23. The van der Waals surface area contributed by atoms with E-state index in [9.17, 15) is 8.42 Å². The molecule has 4 aromatic rings. The molecule has 0 aromatic heterocycles. The second-order valence-corrected chi connectivity index (χ2v) is 10.5. The summed E-state index contributed by atoms with van der Waals surface area (Å²) in [4.78, 5) is 0.328. The molecule has 0 spiro atoms. The first-order valence-electron chi connectivity index (χ1n) is 11.0. The van der Waals surface area contributed by atoms with Crippen molar-refractivity contribution in [3.63, 3.8) is 0 Å². The van der Waals surface area contributed by atoms with Gasteiger partial charge in [-0.3, -0.25) is 0 Å². The Balaban J connectivity index is 1.70. The summed E-state index contributed by atoms with van der Waals surface area (Å²) in [6.45, 7) is 4.31. The Labute approximate surface area is 196 Å². The van der Waals surface area contributed by atoms with Crippen molar-refractivity contribution in [2.45, 2.75) is 30.8 Å². The fraction of sp³-hybridized carbons (Fsp3) is 0.214. The maximum absolute atomic E-state index is 11.9. The van der Waals surface area contributed by atoms with Gasteiger partial charge in [-0.15, -0.1) is 0 Å². The van der Waals surface area contributed by atoms with Gasteiger partial charge in [0.15, 0.2) is 9.84 Å². The van der Waals surface area contributed by atoms with Crippen molar-refractivity contribution in [2.24, 2.45) is 0 Å². The summed E-state index contributed by atoms with van der Waals surface area (Å²) in [5.74, 6) is 0.847. The SMILES string of the molecule is COc1cccc([C@@H](C)NC(C)c2cc(-c3ccc(S(C)(=O)=O)cc3)c3ccccc3c2)c1. The predicted molar refractivity (Wildman–Crippen MR) is 135 cm³/mol. The van der Waals surface area contributed by atoms with Crippen molar-refractivity contribution in [3.05, 3.63) is 96.1 Å². The molecule has 0 saturated carbocycles. The molecule has 5 heteroatoms. The number of ether oxygens (including phenoxy) is 1. The summed E-state index contributed by atoms with van der Waals surface area (Å²) in [5.41, 5.74) is 4.42. The molecule has 4 aromatic carbocycles. The minimum absolute atomic E-state index is 0.102. The van der Waals surface area contributed by atoms with Crippen LogP contribution in [0.3, 0.4) is 0 Å². The lowest BCUT2D eigenvalue weighted by Crippen LogP contribution is -2.22. The fourth-order valence-corrected chi connectivity index (χ4v) is 4.81. The molecule has 0 heterocycles. The van der Waals surface area contributed by atoms with Gasteiger partial charge in [0.05, 0.1) is 12.0 Å². The van der Waals surface area contributed by atoms with Crippen molar-refractivity contribution in [1.82, 2.24) is 5.32 Å². The van der Waals surface area contributed by atoms with Gasteiger partial charge < -0.3 is 10.1 Å². The number of fused-ring (bicyclic) bond motifs is 1. The van der Waals surface area contributed by atoms with Gasteiger partial charge in [0.2, 0.25) is 0 Å². The Morgan fingerprint density at radius 2 is 1.48 bits per heavy atom. The highest BCUT2D eigenvalue weighted by Crippen LogP contribution is 2.33. The van der Waals surface area contributed by atoms with Gasteiger partial charge in [-0.25, -0.2) is 8.42 Å². The summed E-state index contributed by atoms with van der Waals surface area (Å²) in [6, 6.07) is 28.2. The molecule has 170 valence electrons. The second kappa shape index (κ2) is 9.38. The van der Waals surface area contributed by atoms with E-state index in [1.807, 2.05) is 36.4 Å². The quantitative estimate of drug-likeness (QED) is 0.351. The first-order valence-corrected chi connectivity index (χ1v) is 12.9. The third-order valence-electron chi connectivity index (χ3n) is 6.07. The molecule has 1 N–H and O–H groups in total. The smallest absolute Gasteiger partial charge is 0.175 e. The van der Waals surface area contributed by atoms with Crippen LogP contribution in [-0.2, 0) is 9.84 Å². The number of rotatable bonds is 7. The molecule has 0 fully saturated rings. The number of hydrogen-bond donors (Lipinski definition) is 1. The Hall–Kier alpha value is -3.15. The number of hydrogen-bond acceptors (Lipinski definition) is 4. The largest absolute Gasteiger partial charge is 0.497 e. The fourth-order valence-electron chi connectivity index (χ4n) is 4.18. The van der Waals surface area contributed by atoms with E-state index in [4.69, 9.17) is 4.74 Å². The molecule has 0 aliphatic rings. The van der Waals surface area contributed by atoms with Gasteiger partial charge in [0, 0.05) is 18.3 Å². The summed E-state index contributed by atoms with van der Waals surface area (Å²) < 4.78 is 29.1. The maximum atomic E-state index is 11.9. The molecule has 0 amide bonds. The van der Waals surface area contributed by atoms with Crippen LogP contribution in [0.5, 0.6) is 5.75 Å². The minimum Gasteiger partial charge on any atom is -0.497 e. The van der Waals surface area contributed by atoms with Crippen LogP contribution in [0.2, 0.25) is 0 Å². The van der Waals surface area contributed by atoms with Crippen LogP contribution >= 0.6 is 0 Å². The molecular weight excluding hydrogens is 430 g/mol. The third kappa shape index (κ3) is 5.10. The van der Waals surface area contributed by atoms with Crippen molar-refractivity contribution in [2.75, 3.05) is 13.4 Å². The predicted octanol–water partition coefficient (Wildman–Crippen LogP) is 6.33. The highest BCUT2D eigenvalue weighted by atomic mass is 32.2. The van der Waals surface area contributed by atoms with E-state index in [1.165, 1.54) is 17.4 Å². The summed E-state index contributed by atoms with van der Waals surface area (Å²) in [5, 5.41) is 5.99. The van der Waals surface area contributed by atoms with Crippen LogP contribution in [0, 0.1) is 0 Å². The van der Waals surface area contributed by atoms with Crippen molar-refractivity contribution >= 4 is 20.6 Å². The molecule has 0 aliphatic carbocycles. The highest BCUT2D eigenvalue weighted by Gasteiger charge is 2.15. The summed E-state index contributed by atoms with van der Waals surface area (Å²) >= 11 is 0. The van der Waals surface area contributed by atoms with Crippen molar-refractivity contribution in [3.8, 4) is 16.9 Å². The molecule has 0 aliphatic heterocycles. The maximum Gasteiger partial charge on any atom is 0.175 e. The zero-order valence-corrected chi connectivity index (χ0v) is 20.2. The number of nitrogens with one attached hydrogen (secondary N) is 1. The first kappa shape index (κ1) is 23.0. The van der Waals surface area contributed by atoms with Crippen LogP contribution in [0.15, 0.2) is 89.8 Å². The molecule has 0 radical (unpaired) electrons. The lowest BCUT2D eigenvalue weighted by Gasteiger charge is -2.22. The second-order valence-electron chi connectivity index (χ2n) is 8.47. The normalized spacial score (nSPS) is 13.6. The molecule has 1 unspecified atom stereocenters. The Morgan fingerprint density at radius 1 is 0.788 bits per heavy atom. The third-order valence-corrected chi connectivity index (χ3v) is 7.20. The number of sulfone groups is 1. The van der Waals surface area contributed by atoms with Gasteiger partial charge in [-0.2, -0.15) is 0 Å². The zero-order valence-electron chi connectivity index (χ0n) is 19.4. The van der Waals surface area contributed by atoms with Gasteiger partial charge in [-0.1, -0.05) is 48.5 Å². The van der Waals surface area contributed by atoms with Crippen LogP contribution < -0.4 is 10.1 Å². The van der Waals surface area contributed by atoms with E-state index in [0.29, 0.717) is 4.90 Å². The molecule has 0 saturated heterocycles. The number of benzene rings is 4. The molecular formula is C28H29NO3S. The van der Waals surface area contributed by atoms with Crippen LogP contribution in [0.1, 0.15) is 37.1 Å². The van der Waals surface area contributed by atoms with Gasteiger partial charge in [0.1, 0.15) is 5.75 Å². The lowest BCUT2D eigenvalue weighted by molar-refractivity contribution is 0.412. The molecule has 4 rings (SSSR count). The Bertz CT molecular complexity index is 1380. The average Bonchev–Trinajstić information content (AvgIpc) is 2.82. The van der Waals surface area contributed by atoms with Crippen LogP contribution in [0.25, 0.3) is 21.9 Å². The first-order chi connectivity index (χ1) is 15.8. The zero-order chi connectivity index (χ0) is 23.6. The van der Waals surface area contributed by atoms with Crippen molar-refractivity contribution < 1.29 is 13.2 Å². The molecule has 2 atom stereocenters. The lowest BCUT2D eigenvalue weighted by atomic mass is 9.93. The topological polar surface area (TPSA) is 55.4 Å². The van der Waals surface area contributed by atoms with E-state index in [1.54, 1.807) is 19.2 Å². The standard InChI is InChI=1S/C28H29NO3S/c1-19(22-9-7-10-25(17-22)32-3)29-20(2)24-16-23-8-5-6-11-27(23)28(18-24)21-12-14-26(15-13-21)33(4,30)31/h5-20,29H,1-4H3/t19-,20?/m1/s1. The minimum atomic E-state index is -3.23. The summed E-state index contributed by atoms with van der Waals surface area (Å²) in [7, 11) is -1.55. The molecule has 0 bridgehead atoms.